The maximum atomic E-state index is 6.37. The summed E-state index contributed by atoms with van der Waals surface area (Å²) in [5.41, 5.74) is 0.918. The maximum absolute atomic E-state index is 6.37. The summed E-state index contributed by atoms with van der Waals surface area (Å²) in [7, 11) is -0.398. The number of ether oxygens (including phenoxy) is 1. The molecule has 0 aromatic heterocycles. The minimum atomic E-state index is -1.75. The van der Waals surface area contributed by atoms with E-state index in [9.17, 15) is 0 Å². The molecule has 0 saturated carbocycles. The molecule has 1 saturated heterocycles. The highest BCUT2D eigenvalue weighted by atomic mass is 28.4. The highest BCUT2D eigenvalue weighted by Crippen LogP contribution is 2.38. The molecule has 1 heterocycles. The summed E-state index contributed by atoms with van der Waals surface area (Å²) >= 11 is 0. The normalized spacial score (nSPS) is 18.5. The van der Waals surface area contributed by atoms with Crippen molar-refractivity contribution in [2.75, 3.05) is 26.9 Å². The zero-order valence-electron chi connectivity index (χ0n) is 16.1. The molecule has 1 aromatic carbocycles. The van der Waals surface area contributed by atoms with Gasteiger partial charge in [0.2, 0.25) is 0 Å². The Kier molecular flexibility index (Phi) is 5.85. The molecule has 1 aliphatic rings. The molecule has 4 nitrogen and oxygen atoms in total. The van der Waals surface area contributed by atoms with Crippen LogP contribution in [-0.2, 0) is 13.7 Å². The Labute approximate surface area is 148 Å². The summed E-state index contributed by atoms with van der Waals surface area (Å²) in [6.45, 7) is 15.5. The Bertz CT molecular complexity index is 531. The van der Waals surface area contributed by atoms with E-state index < -0.39 is 8.32 Å². The number of rotatable bonds is 5. The first kappa shape index (κ1) is 19.5. The van der Waals surface area contributed by atoms with Crippen molar-refractivity contribution in [3.05, 3.63) is 24.3 Å². The molecule has 1 aliphatic heterocycles. The summed E-state index contributed by atoms with van der Waals surface area (Å²) < 4.78 is 23.5. The second-order valence-electron chi connectivity index (χ2n) is 8.59. The van der Waals surface area contributed by atoms with Crippen molar-refractivity contribution in [1.82, 2.24) is 0 Å². The van der Waals surface area contributed by atoms with Gasteiger partial charge in [-0.25, -0.2) is 0 Å². The van der Waals surface area contributed by atoms with Gasteiger partial charge in [-0.15, -0.1) is 0 Å². The number of benzene rings is 1. The van der Waals surface area contributed by atoms with Crippen LogP contribution in [0.4, 0.5) is 0 Å². The molecule has 0 aliphatic carbocycles. The smallest absolute Gasteiger partial charge is 0.493 e. The molecule has 0 amide bonds. The topological polar surface area (TPSA) is 36.9 Å². The summed E-state index contributed by atoms with van der Waals surface area (Å²) in [5.74, 6) is 0.835. The van der Waals surface area contributed by atoms with Crippen molar-refractivity contribution in [2.24, 2.45) is 5.41 Å². The second kappa shape index (κ2) is 7.20. The SMILES string of the molecule is COc1ccc(B2OCC(C)(CO[Si](C)(C)C(C)(C)C)CO2)cc1. The summed E-state index contributed by atoms with van der Waals surface area (Å²) in [6, 6.07) is 7.82. The molecule has 0 atom stereocenters. The van der Waals surface area contributed by atoms with Gasteiger partial charge in [-0.05, 0) is 35.7 Å². The van der Waals surface area contributed by atoms with Crippen LogP contribution in [-0.4, -0.2) is 42.4 Å². The number of methoxy groups -OCH3 is 1. The van der Waals surface area contributed by atoms with Crippen molar-refractivity contribution in [2.45, 2.75) is 45.8 Å². The van der Waals surface area contributed by atoms with Gasteiger partial charge in [0, 0.05) is 25.2 Å². The molecule has 0 N–H and O–H groups in total. The van der Waals surface area contributed by atoms with Gasteiger partial charge in [-0.1, -0.05) is 39.8 Å². The summed E-state index contributed by atoms with van der Waals surface area (Å²) in [5, 5.41) is 0.214. The van der Waals surface area contributed by atoms with Crippen molar-refractivity contribution < 1.29 is 18.5 Å². The van der Waals surface area contributed by atoms with E-state index in [0.29, 0.717) is 19.8 Å². The molecular formula is C18H31BO4Si. The Morgan fingerprint density at radius 2 is 1.67 bits per heavy atom. The van der Waals surface area contributed by atoms with Gasteiger partial charge in [0.05, 0.1) is 7.11 Å². The molecule has 24 heavy (non-hydrogen) atoms. The first-order chi connectivity index (χ1) is 11.1. The van der Waals surface area contributed by atoms with Crippen LogP contribution in [0.5, 0.6) is 5.75 Å². The number of hydrogen-bond donors (Lipinski definition) is 0. The minimum absolute atomic E-state index is 0.0987. The molecule has 0 bridgehead atoms. The summed E-state index contributed by atoms with van der Waals surface area (Å²) in [4.78, 5) is 0. The first-order valence-corrected chi connectivity index (χ1v) is 11.5. The Balaban J connectivity index is 1.91. The van der Waals surface area contributed by atoms with Crippen molar-refractivity contribution >= 4 is 20.9 Å². The van der Waals surface area contributed by atoms with Crippen LogP contribution in [0.2, 0.25) is 18.1 Å². The van der Waals surface area contributed by atoms with E-state index in [1.807, 2.05) is 24.3 Å². The fourth-order valence-corrected chi connectivity index (χ4v) is 3.39. The van der Waals surface area contributed by atoms with Crippen LogP contribution in [0, 0.1) is 5.41 Å². The van der Waals surface area contributed by atoms with E-state index in [0.717, 1.165) is 11.2 Å². The molecular weight excluding hydrogens is 319 g/mol. The van der Waals surface area contributed by atoms with E-state index in [4.69, 9.17) is 18.5 Å². The maximum Gasteiger partial charge on any atom is 0.493 e. The second-order valence-corrected chi connectivity index (χ2v) is 13.4. The zero-order valence-corrected chi connectivity index (χ0v) is 17.1. The predicted molar refractivity (Wildman–Crippen MR) is 102 cm³/mol. The third-order valence-corrected chi connectivity index (χ3v) is 9.62. The van der Waals surface area contributed by atoms with E-state index >= 15 is 0 Å². The molecule has 6 heteroatoms. The van der Waals surface area contributed by atoms with E-state index in [1.54, 1.807) is 7.11 Å². The lowest BCUT2D eigenvalue weighted by atomic mass is 9.76. The van der Waals surface area contributed by atoms with Gasteiger partial charge >= 0.3 is 7.12 Å². The van der Waals surface area contributed by atoms with E-state index in [-0.39, 0.29) is 17.6 Å². The highest BCUT2D eigenvalue weighted by Gasteiger charge is 2.42. The largest absolute Gasteiger partial charge is 0.497 e. The van der Waals surface area contributed by atoms with Gasteiger partial charge in [-0.3, -0.25) is 0 Å². The average molecular weight is 350 g/mol. The van der Waals surface area contributed by atoms with Crippen LogP contribution < -0.4 is 10.2 Å². The van der Waals surface area contributed by atoms with Gasteiger partial charge in [0.25, 0.3) is 0 Å². The van der Waals surface area contributed by atoms with Crippen molar-refractivity contribution in [1.29, 1.82) is 0 Å². The molecule has 0 spiro atoms. The van der Waals surface area contributed by atoms with Gasteiger partial charge in [0.15, 0.2) is 8.32 Å². The molecule has 2 rings (SSSR count). The van der Waals surface area contributed by atoms with Crippen LogP contribution in [0.25, 0.3) is 0 Å². The minimum Gasteiger partial charge on any atom is -0.497 e. The fourth-order valence-electron chi connectivity index (χ4n) is 2.25. The van der Waals surface area contributed by atoms with Crippen molar-refractivity contribution in [3.8, 4) is 5.75 Å². The fraction of sp³-hybridized carbons (Fsp3) is 0.667. The average Bonchev–Trinajstić information content (AvgIpc) is 2.53. The van der Waals surface area contributed by atoms with Gasteiger partial charge < -0.3 is 18.5 Å². The highest BCUT2D eigenvalue weighted by molar-refractivity contribution is 6.74. The van der Waals surface area contributed by atoms with Crippen LogP contribution >= 0.6 is 0 Å². The third kappa shape index (κ3) is 4.63. The van der Waals surface area contributed by atoms with Gasteiger partial charge in [0.1, 0.15) is 5.75 Å². The Hall–Kier alpha value is -0.818. The molecule has 1 aromatic rings. The lowest BCUT2D eigenvalue weighted by Gasteiger charge is -2.42. The lowest BCUT2D eigenvalue weighted by molar-refractivity contribution is -0.0110. The monoisotopic (exact) mass is 350 g/mol. The van der Waals surface area contributed by atoms with Gasteiger partial charge in [-0.2, -0.15) is 0 Å². The summed E-state index contributed by atoms with van der Waals surface area (Å²) in [6.07, 6.45) is 0. The Morgan fingerprint density at radius 1 is 1.12 bits per heavy atom. The molecule has 134 valence electrons. The first-order valence-electron chi connectivity index (χ1n) is 8.57. The van der Waals surface area contributed by atoms with Crippen molar-refractivity contribution in [3.63, 3.8) is 0 Å². The zero-order chi connectivity index (χ0) is 18.0. The van der Waals surface area contributed by atoms with Crippen LogP contribution in [0.1, 0.15) is 27.7 Å². The van der Waals surface area contributed by atoms with E-state index in [2.05, 4.69) is 40.8 Å². The van der Waals surface area contributed by atoms with Crippen LogP contribution in [0.3, 0.4) is 0 Å². The predicted octanol–water partition coefficient (Wildman–Crippen LogP) is 3.47. The quantitative estimate of drug-likeness (QED) is 0.762. The van der Waals surface area contributed by atoms with E-state index in [1.165, 1.54) is 0 Å². The lowest BCUT2D eigenvalue weighted by Crippen LogP contribution is -2.52. The van der Waals surface area contributed by atoms with Crippen LogP contribution in [0.15, 0.2) is 24.3 Å². The Morgan fingerprint density at radius 3 is 2.12 bits per heavy atom. The number of hydrogen-bond acceptors (Lipinski definition) is 4. The molecule has 0 radical (unpaired) electrons. The third-order valence-electron chi connectivity index (χ3n) is 5.14. The molecule has 1 fully saturated rings. The standard InChI is InChI=1S/C18H31BO4Si/c1-17(2,3)24(6,7)23-14-18(4)12-21-19(22-13-18)15-8-10-16(20-5)11-9-15/h8-11H,12-14H2,1-7H3. The molecule has 0 unspecified atom stereocenters.